The van der Waals surface area contributed by atoms with Gasteiger partial charge in [-0.15, -0.1) is 0 Å². The van der Waals surface area contributed by atoms with E-state index in [-0.39, 0.29) is 18.4 Å². The molecule has 0 radical (unpaired) electrons. The summed E-state index contributed by atoms with van der Waals surface area (Å²) >= 11 is 1.84. The zero-order valence-corrected chi connectivity index (χ0v) is 16.2. The molecule has 2 unspecified atom stereocenters. The number of methoxy groups -OCH3 is 3. The van der Waals surface area contributed by atoms with E-state index in [0.717, 1.165) is 23.6 Å². The Morgan fingerprint density at radius 2 is 2.04 bits per heavy atom. The average Bonchev–Trinajstić information content (AvgIpc) is 2.67. The van der Waals surface area contributed by atoms with Gasteiger partial charge in [0.25, 0.3) is 0 Å². The maximum absolute atomic E-state index is 12.5. The van der Waals surface area contributed by atoms with Crippen molar-refractivity contribution in [3.05, 3.63) is 23.8 Å². The molecule has 144 valence electrons. The van der Waals surface area contributed by atoms with Gasteiger partial charge in [0.2, 0.25) is 5.91 Å². The highest BCUT2D eigenvalue weighted by Crippen LogP contribution is 2.31. The lowest BCUT2D eigenvalue weighted by molar-refractivity contribution is -0.141. The van der Waals surface area contributed by atoms with Crippen LogP contribution in [0.3, 0.4) is 0 Å². The van der Waals surface area contributed by atoms with Crippen molar-refractivity contribution in [3.63, 3.8) is 0 Å². The summed E-state index contributed by atoms with van der Waals surface area (Å²) in [6.07, 6.45) is 0.419. The first-order valence-corrected chi connectivity index (χ1v) is 9.62. The van der Waals surface area contributed by atoms with E-state index in [0.29, 0.717) is 17.9 Å². The number of hydrogen-bond donors (Lipinski definition) is 2. The van der Waals surface area contributed by atoms with Gasteiger partial charge in [-0.05, 0) is 17.7 Å². The molecule has 2 N–H and O–H groups in total. The Bertz CT molecular complexity index is 620. The summed E-state index contributed by atoms with van der Waals surface area (Å²) in [5.74, 6) is 2.60. The van der Waals surface area contributed by atoms with Crippen LogP contribution in [0.5, 0.6) is 11.5 Å². The first kappa shape index (κ1) is 20.4. The molecule has 2 atom stereocenters. The maximum Gasteiger partial charge on any atom is 0.307 e. The van der Waals surface area contributed by atoms with Gasteiger partial charge in [-0.25, -0.2) is 0 Å². The molecule has 8 heteroatoms. The predicted molar refractivity (Wildman–Crippen MR) is 101 cm³/mol. The Balaban J connectivity index is 2.12. The van der Waals surface area contributed by atoms with E-state index in [4.69, 9.17) is 14.2 Å². The SMILES string of the molecule is COC(=O)CC(NC(=O)CC1CSCCN1)c1ccc(OC)c(OC)c1. The number of rotatable bonds is 8. The number of esters is 1. The van der Waals surface area contributed by atoms with Crippen molar-refractivity contribution < 1.29 is 23.8 Å². The molecule has 1 aliphatic rings. The fraction of sp³-hybridized carbons (Fsp3) is 0.556. The lowest BCUT2D eigenvalue weighted by atomic mass is 10.0. The van der Waals surface area contributed by atoms with E-state index in [1.54, 1.807) is 26.4 Å². The van der Waals surface area contributed by atoms with Crippen LogP contribution in [-0.2, 0) is 14.3 Å². The summed E-state index contributed by atoms with van der Waals surface area (Å²) < 4.78 is 15.3. The van der Waals surface area contributed by atoms with Crippen LogP contribution in [0.25, 0.3) is 0 Å². The summed E-state index contributed by atoms with van der Waals surface area (Å²) in [5, 5.41) is 6.29. The minimum atomic E-state index is -0.494. The average molecular weight is 382 g/mol. The van der Waals surface area contributed by atoms with Gasteiger partial charge in [0.05, 0.1) is 33.8 Å². The highest BCUT2D eigenvalue weighted by Gasteiger charge is 2.23. The molecule has 1 aliphatic heterocycles. The quantitative estimate of drug-likeness (QED) is 0.659. The third-order valence-electron chi connectivity index (χ3n) is 4.17. The summed E-state index contributed by atoms with van der Waals surface area (Å²) in [4.78, 5) is 24.3. The minimum absolute atomic E-state index is 0.0462. The number of amides is 1. The van der Waals surface area contributed by atoms with E-state index in [9.17, 15) is 9.59 Å². The second-order valence-corrected chi connectivity index (χ2v) is 7.09. The van der Waals surface area contributed by atoms with E-state index < -0.39 is 12.0 Å². The van der Waals surface area contributed by atoms with Gasteiger partial charge in [-0.3, -0.25) is 9.59 Å². The number of thioether (sulfide) groups is 1. The fourth-order valence-corrected chi connectivity index (χ4v) is 3.75. The van der Waals surface area contributed by atoms with Crippen molar-refractivity contribution in [2.24, 2.45) is 0 Å². The lowest BCUT2D eigenvalue weighted by Gasteiger charge is -2.24. The Morgan fingerprint density at radius 3 is 2.65 bits per heavy atom. The van der Waals surface area contributed by atoms with Crippen molar-refractivity contribution >= 4 is 23.6 Å². The molecule has 1 amide bonds. The van der Waals surface area contributed by atoms with Crippen molar-refractivity contribution in [3.8, 4) is 11.5 Å². The van der Waals surface area contributed by atoms with E-state index in [1.807, 2.05) is 17.8 Å². The number of benzene rings is 1. The largest absolute Gasteiger partial charge is 0.493 e. The zero-order chi connectivity index (χ0) is 18.9. The molecule has 7 nitrogen and oxygen atoms in total. The number of ether oxygens (including phenoxy) is 3. The second-order valence-electron chi connectivity index (χ2n) is 5.94. The number of hydrogen-bond acceptors (Lipinski definition) is 7. The summed E-state index contributed by atoms with van der Waals surface area (Å²) in [5.41, 5.74) is 0.757. The Kier molecular flexibility index (Phi) is 8.06. The van der Waals surface area contributed by atoms with E-state index >= 15 is 0 Å². The number of nitrogens with one attached hydrogen (secondary N) is 2. The van der Waals surface area contributed by atoms with Crippen LogP contribution in [0.15, 0.2) is 18.2 Å². The number of carbonyl (C=O) groups is 2. The maximum atomic E-state index is 12.5. The second kappa shape index (κ2) is 10.3. The smallest absolute Gasteiger partial charge is 0.307 e. The lowest BCUT2D eigenvalue weighted by Crippen LogP contribution is -2.42. The van der Waals surface area contributed by atoms with Crippen molar-refractivity contribution in [2.45, 2.75) is 24.9 Å². The summed E-state index contributed by atoms with van der Waals surface area (Å²) in [6.45, 7) is 0.907. The highest BCUT2D eigenvalue weighted by molar-refractivity contribution is 7.99. The van der Waals surface area contributed by atoms with Crippen LogP contribution in [-0.4, -0.2) is 57.3 Å². The monoisotopic (exact) mass is 382 g/mol. The van der Waals surface area contributed by atoms with Crippen LogP contribution >= 0.6 is 11.8 Å². The molecular weight excluding hydrogens is 356 g/mol. The molecule has 0 aromatic heterocycles. The first-order chi connectivity index (χ1) is 12.6. The molecule has 1 fully saturated rings. The Labute approximate surface area is 158 Å². The molecule has 1 aromatic rings. The molecular formula is C18H26N2O5S. The molecule has 0 bridgehead atoms. The zero-order valence-electron chi connectivity index (χ0n) is 15.4. The fourth-order valence-electron chi connectivity index (χ4n) is 2.80. The van der Waals surface area contributed by atoms with Gasteiger partial charge >= 0.3 is 5.97 Å². The molecule has 0 aliphatic carbocycles. The molecule has 0 spiro atoms. The summed E-state index contributed by atoms with van der Waals surface area (Å²) in [6, 6.07) is 4.99. The van der Waals surface area contributed by atoms with Crippen molar-refractivity contribution in [2.75, 3.05) is 39.4 Å². The minimum Gasteiger partial charge on any atom is -0.493 e. The first-order valence-electron chi connectivity index (χ1n) is 8.46. The van der Waals surface area contributed by atoms with Gasteiger partial charge in [-0.1, -0.05) is 6.07 Å². The molecule has 26 heavy (non-hydrogen) atoms. The van der Waals surface area contributed by atoms with Crippen molar-refractivity contribution in [1.29, 1.82) is 0 Å². The molecule has 1 aromatic carbocycles. The van der Waals surface area contributed by atoms with Crippen molar-refractivity contribution in [1.82, 2.24) is 10.6 Å². The van der Waals surface area contributed by atoms with Gasteiger partial charge in [0, 0.05) is 30.5 Å². The standard InChI is InChI=1S/C18H26N2O5S/c1-23-15-5-4-12(8-16(15)24-2)14(10-18(22)25-3)20-17(21)9-13-11-26-7-6-19-13/h4-5,8,13-14,19H,6-7,9-11H2,1-3H3,(H,20,21). The molecule has 1 saturated heterocycles. The molecule has 2 rings (SSSR count). The topological polar surface area (TPSA) is 85.9 Å². The summed E-state index contributed by atoms with van der Waals surface area (Å²) in [7, 11) is 4.43. The predicted octanol–water partition coefficient (Wildman–Crippen LogP) is 1.52. The van der Waals surface area contributed by atoms with Crippen LogP contribution in [0.4, 0.5) is 0 Å². The molecule has 0 saturated carbocycles. The van der Waals surface area contributed by atoms with E-state index in [1.165, 1.54) is 7.11 Å². The third kappa shape index (κ3) is 5.81. The normalized spacial score (nSPS) is 17.9. The van der Waals surface area contributed by atoms with Crippen LogP contribution < -0.4 is 20.1 Å². The third-order valence-corrected chi connectivity index (χ3v) is 5.30. The highest BCUT2D eigenvalue weighted by atomic mass is 32.2. The van der Waals surface area contributed by atoms with Gasteiger partial charge in [0.15, 0.2) is 11.5 Å². The van der Waals surface area contributed by atoms with Crippen LogP contribution in [0.2, 0.25) is 0 Å². The number of carbonyl (C=O) groups excluding carboxylic acids is 2. The van der Waals surface area contributed by atoms with Crippen LogP contribution in [0.1, 0.15) is 24.4 Å². The van der Waals surface area contributed by atoms with Gasteiger partial charge in [-0.2, -0.15) is 11.8 Å². The van der Waals surface area contributed by atoms with Crippen LogP contribution in [0, 0.1) is 0 Å². The Morgan fingerprint density at radius 1 is 1.27 bits per heavy atom. The van der Waals surface area contributed by atoms with Gasteiger partial charge < -0.3 is 24.8 Å². The molecule has 1 heterocycles. The van der Waals surface area contributed by atoms with E-state index in [2.05, 4.69) is 10.6 Å². The van der Waals surface area contributed by atoms with Gasteiger partial charge in [0.1, 0.15) is 0 Å². The Hall–Kier alpha value is -1.93.